The summed E-state index contributed by atoms with van der Waals surface area (Å²) < 4.78 is 5.65. The molecule has 0 unspecified atom stereocenters. The lowest BCUT2D eigenvalue weighted by molar-refractivity contribution is 0.285. The van der Waals surface area contributed by atoms with Crippen molar-refractivity contribution in [1.29, 1.82) is 0 Å². The van der Waals surface area contributed by atoms with Crippen LogP contribution in [0.3, 0.4) is 0 Å². The molecule has 17 heavy (non-hydrogen) atoms. The van der Waals surface area contributed by atoms with Crippen molar-refractivity contribution in [1.82, 2.24) is 4.98 Å². The summed E-state index contributed by atoms with van der Waals surface area (Å²) in [7, 11) is 0. The van der Waals surface area contributed by atoms with Gasteiger partial charge < -0.3 is 4.74 Å². The molecule has 0 bridgehead atoms. The maximum atomic E-state index is 5.65. The van der Waals surface area contributed by atoms with Crippen LogP contribution in [0.2, 0.25) is 0 Å². The van der Waals surface area contributed by atoms with Crippen molar-refractivity contribution in [3.63, 3.8) is 0 Å². The SMILES string of the molecule is CC(C)c1ccc2cc3c(nc2c1)CCCO3. The summed E-state index contributed by atoms with van der Waals surface area (Å²) in [5, 5.41) is 1.18. The number of benzene rings is 1. The molecule has 0 fully saturated rings. The van der Waals surface area contributed by atoms with Gasteiger partial charge in [0.25, 0.3) is 0 Å². The normalized spacial score (nSPS) is 14.8. The summed E-state index contributed by atoms with van der Waals surface area (Å²) in [5.41, 5.74) is 3.56. The summed E-state index contributed by atoms with van der Waals surface area (Å²) >= 11 is 0. The summed E-state index contributed by atoms with van der Waals surface area (Å²) in [5.74, 6) is 1.52. The van der Waals surface area contributed by atoms with Crippen LogP contribution in [0.4, 0.5) is 0 Å². The number of hydrogen-bond acceptors (Lipinski definition) is 2. The summed E-state index contributed by atoms with van der Waals surface area (Å²) in [6.45, 7) is 5.25. The molecule has 2 heteroatoms. The Hall–Kier alpha value is -1.57. The Bertz CT molecular complexity index is 560. The van der Waals surface area contributed by atoms with Crippen molar-refractivity contribution in [2.45, 2.75) is 32.6 Å². The zero-order chi connectivity index (χ0) is 11.8. The fourth-order valence-electron chi connectivity index (χ4n) is 2.29. The van der Waals surface area contributed by atoms with Crippen molar-refractivity contribution in [2.24, 2.45) is 0 Å². The molecule has 2 nitrogen and oxygen atoms in total. The van der Waals surface area contributed by atoms with Crippen LogP contribution in [0.1, 0.15) is 37.4 Å². The van der Waals surface area contributed by atoms with Crippen molar-refractivity contribution < 1.29 is 4.74 Å². The molecule has 1 aromatic carbocycles. The first-order valence-electron chi connectivity index (χ1n) is 6.30. The minimum absolute atomic E-state index is 0.550. The van der Waals surface area contributed by atoms with Gasteiger partial charge in [0.1, 0.15) is 5.75 Å². The predicted octanol–water partition coefficient (Wildman–Crippen LogP) is 3.68. The number of aryl methyl sites for hydroxylation is 1. The van der Waals surface area contributed by atoms with Gasteiger partial charge in [0.15, 0.2) is 0 Å². The highest BCUT2D eigenvalue weighted by Gasteiger charge is 2.13. The summed E-state index contributed by atoms with van der Waals surface area (Å²) in [6.07, 6.45) is 2.12. The van der Waals surface area contributed by atoms with E-state index in [1.807, 2.05) is 0 Å². The number of fused-ring (bicyclic) bond motifs is 2. The maximum absolute atomic E-state index is 5.65. The molecule has 0 N–H and O–H groups in total. The number of aromatic nitrogens is 1. The van der Waals surface area contributed by atoms with E-state index in [1.165, 1.54) is 10.9 Å². The third-order valence-corrected chi connectivity index (χ3v) is 3.36. The van der Waals surface area contributed by atoms with E-state index in [0.29, 0.717) is 5.92 Å². The van der Waals surface area contributed by atoms with Crippen LogP contribution in [0.5, 0.6) is 5.75 Å². The minimum Gasteiger partial charge on any atom is -0.492 e. The molecule has 0 spiro atoms. The third-order valence-electron chi connectivity index (χ3n) is 3.36. The zero-order valence-corrected chi connectivity index (χ0v) is 10.4. The first-order chi connectivity index (χ1) is 8.24. The van der Waals surface area contributed by atoms with E-state index in [1.54, 1.807) is 0 Å². The van der Waals surface area contributed by atoms with Crippen LogP contribution in [0.25, 0.3) is 10.9 Å². The second-order valence-corrected chi connectivity index (χ2v) is 4.99. The number of ether oxygens (including phenoxy) is 1. The van der Waals surface area contributed by atoms with Gasteiger partial charge in [-0.15, -0.1) is 0 Å². The van der Waals surface area contributed by atoms with Crippen LogP contribution in [-0.4, -0.2) is 11.6 Å². The quantitative estimate of drug-likeness (QED) is 0.741. The van der Waals surface area contributed by atoms with Crippen molar-refractivity contribution in [3.8, 4) is 5.75 Å². The fourth-order valence-corrected chi connectivity index (χ4v) is 2.29. The van der Waals surface area contributed by atoms with Crippen molar-refractivity contribution >= 4 is 10.9 Å². The topological polar surface area (TPSA) is 22.1 Å². The Morgan fingerprint density at radius 1 is 1.24 bits per heavy atom. The highest BCUT2D eigenvalue weighted by molar-refractivity contribution is 5.81. The molecule has 0 atom stereocenters. The molecule has 1 aromatic heterocycles. The molecule has 1 aliphatic heterocycles. The van der Waals surface area contributed by atoms with E-state index in [9.17, 15) is 0 Å². The Morgan fingerprint density at radius 3 is 2.94 bits per heavy atom. The van der Waals surface area contributed by atoms with Crippen LogP contribution in [0, 0.1) is 0 Å². The Morgan fingerprint density at radius 2 is 2.12 bits per heavy atom. The molecule has 2 aromatic rings. The minimum atomic E-state index is 0.550. The van der Waals surface area contributed by atoms with E-state index >= 15 is 0 Å². The van der Waals surface area contributed by atoms with E-state index in [4.69, 9.17) is 9.72 Å². The highest BCUT2D eigenvalue weighted by Crippen LogP contribution is 2.28. The fraction of sp³-hybridized carbons (Fsp3) is 0.400. The molecular formula is C15H17NO. The predicted molar refractivity (Wildman–Crippen MR) is 69.6 cm³/mol. The molecule has 0 amide bonds. The van der Waals surface area contributed by atoms with E-state index in [-0.39, 0.29) is 0 Å². The van der Waals surface area contributed by atoms with Crippen LogP contribution in [-0.2, 0) is 6.42 Å². The van der Waals surface area contributed by atoms with E-state index in [0.717, 1.165) is 36.4 Å². The molecule has 2 heterocycles. The van der Waals surface area contributed by atoms with Gasteiger partial charge in [-0.1, -0.05) is 26.0 Å². The van der Waals surface area contributed by atoms with E-state index < -0.39 is 0 Å². The number of rotatable bonds is 1. The van der Waals surface area contributed by atoms with Crippen molar-refractivity contribution in [3.05, 3.63) is 35.5 Å². The molecule has 3 rings (SSSR count). The summed E-state index contributed by atoms with van der Waals surface area (Å²) in [4.78, 5) is 4.73. The van der Waals surface area contributed by atoms with Crippen LogP contribution < -0.4 is 4.74 Å². The largest absolute Gasteiger partial charge is 0.492 e. The van der Waals surface area contributed by atoms with E-state index in [2.05, 4.69) is 38.1 Å². The maximum Gasteiger partial charge on any atom is 0.141 e. The van der Waals surface area contributed by atoms with Crippen molar-refractivity contribution in [2.75, 3.05) is 6.61 Å². The lowest BCUT2D eigenvalue weighted by Crippen LogP contribution is -2.09. The zero-order valence-electron chi connectivity index (χ0n) is 10.4. The standard InChI is InChI=1S/C15H17NO/c1-10(2)11-5-6-12-9-15-13(4-3-7-17-15)16-14(12)8-11/h5-6,8-10H,3-4,7H2,1-2H3. The molecule has 0 saturated carbocycles. The summed E-state index contributed by atoms with van der Waals surface area (Å²) in [6, 6.07) is 8.66. The van der Waals surface area contributed by atoms with Gasteiger partial charge in [-0.25, -0.2) is 4.98 Å². The Balaban J connectivity index is 2.16. The number of hydrogen-bond donors (Lipinski definition) is 0. The average molecular weight is 227 g/mol. The van der Waals surface area contributed by atoms with Gasteiger partial charge in [0, 0.05) is 5.39 Å². The molecule has 0 saturated heterocycles. The molecule has 0 radical (unpaired) electrons. The first kappa shape index (κ1) is 10.6. The van der Waals surface area contributed by atoms with Crippen LogP contribution >= 0.6 is 0 Å². The lowest BCUT2D eigenvalue weighted by Gasteiger charge is -2.17. The highest BCUT2D eigenvalue weighted by atomic mass is 16.5. The van der Waals surface area contributed by atoms with Gasteiger partial charge in [-0.05, 0) is 36.5 Å². The molecule has 0 aliphatic carbocycles. The molecular weight excluding hydrogens is 210 g/mol. The number of pyridine rings is 1. The van der Waals surface area contributed by atoms with Gasteiger partial charge in [0.05, 0.1) is 17.8 Å². The smallest absolute Gasteiger partial charge is 0.141 e. The first-order valence-corrected chi connectivity index (χ1v) is 6.30. The molecule has 1 aliphatic rings. The second kappa shape index (κ2) is 4.02. The van der Waals surface area contributed by atoms with Gasteiger partial charge in [0.2, 0.25) is 0 Å². The average Bonchev–Trinajstić information content (AvgIpc) is 2.35. The van der Waals surface area contributed by atoms with Gasteiger partial charge in [-0.2, -0.15) is 0 Å². The second-order valence-electron chi connectivity index (χ2n) is 4.99. The van der Waals surface area contributed by atoms with Crippen LogP contribution in [0.15, 0.2) is 24.3 Å². The monoisotopic (exact) mass is 227 g/mol. The Kier molecular flexibility index (Phi) is 2.50. The van der Waals surface area contributed by atoms with Gasteiger partial charge >= 0.3 is 0 Å². The Labute approximate surface area is 102 Å². The van der Waals surface area contributed by atoms with Gasteiger partial charge in [-0.3, -0.25) is 0 Å². The number of nitrogens with zero attached hydrogens (tertiary/aromatic N) is 1. The molecule has 88 valence electrons. The third kappa shape index (κ3) is 1.88. The lowest BCUT2D eigenvalue weighted by atomic mass is 10.0.